The van der Waals surface area contributed by atoms with E-state index in [4.69, 9.17) is 14.9 Å². The Kier molecular flexibility index (Phi) is 29.0. The third-order valence-electron chi connectivity index (χ3n) is 7.84. The van der Waals surface area contributed by atoms with Gasteiger partial charge in [0, 0.05) is 32.4 Å². The lowest BCUT2D eigenvalue weighted by atomic mass is 10.0. The van der Waals surface area contributed by atoms with Gasteiger partial charge in [-0.2, -0.15) is 0 Å². The standard InChI is InChI=1S/C34H59N5O12/c40-25-35-24-31(44)39-27(34(49)50)23-30(43)37-20-22-51-21-18-28(41)36-19-17-26(33(47)48)38-29(42)15-13-11-9-7-5-3-1-2-4-6-8-10-12-14-16-32(45)46/h25-27H,1-24H2,(H,35,40)(H,36,41)(H,37,43)(H,38,42)(H,39,44)(H,45,46)(H,47,48)(H,49,50). The number of nitrogens with one attached hydrogen (secondary N) is 5. The third-order valence-corrected chi connectivity index (χ3v) is 7.84. The number of carbonyl (C=O) groups is 8. The van der Waals surface area contributed by atoms with Crippen molar-refractivity contribution < 1.29 is 58.4 Å². The average Bonchev–Trinajstić information content (AvgIpc) is 3.07. The quantitative estimate of drug-likeness (QED) is 0.0342. The van der Waals surface area contributed by atoms with Crippen molar-refractivity contribution in [1.82, 2.24) is 26.6 Å². The number of carboxylic acids is 3. The van der Waals surface area contributed by atoms with Crippen LogP contribution in [0.3, 0.4) is 0 Å². The number of carbonyl (C=O) groups excluding carboxylic acids is 5. The maximum atomic E-state index is 12.3. The SMILES string of the molecule is O=CNCC(=O)NC(CC(=O)NCCOCCC(=O)NCCC(NC(=O)CCCCCCCCCCCCCCCCC(=O)O)C(=O)O)C(=O)O. The van der Waals surface area contributed by atoms with Crippen LogP contribution in [-0.4, -0.2) is 108 Å². The van der Waals surface area contributed by atoms with Gasteiger partial charge in [-0.05, 0) is 19.3 Å². The summed E-state index contributed by atoms with van der Waals surface area (Å²) in [6, 6.07) is -2.61. The Morgan fingerprint density at radius 1 is 0.529 bits per heavy atom. The molecule has 292 valence electrons. The van der Waals surface area contributed by atoms with Crippen molar-refractivity contribution in [3.63, 3.8) is 0 Å². The number of hydrogen-bond donors (Lipinski definition) is 8. The van der Waals surface area contributed by atoms with Gasteiger partial charge in [-0.15, -0.1) is 0 Å². The zero-order chi connectivity index (χ0) is 38.1. The van der Waals surface area contributed by atoms with Gasteiger partial charge < -0.3 is 46.6 Å². The summed E-state index contributed by atoms with van der Waals surface area (Å²) >= 11 is 0. The van der Waals surface area contributed by atoms with E-state index in [2.05, 4.69) is 26.6 Å². The molecule has 17 nitrogen and oxygen atoms in total. The normalized spacial score (nSPS) is 11.8. The fourth-order valence-electron chi connectivity index (χ4n) is 5.02. The van der Waals surface area contributed by atoms with Crippen LogP contribution >= 0.6 is 0 Å². The Morgan fingerprint density at radius 2 is 1.02 bits per heavy atom. The maximum Gasteiger partial charge on any atom is 0.326 e. The molecule has 0 aromatic heterocycles. The van der Waals surface area contributed by atoms with Crippen molar-refractivity contribution in [3.05, 3.63) is 0 Å². The molecule has 0 spiro atoms. The van der Waals surface area contributed by atoms with Crippen LogP contribution in [0.2, 0.25) is 0 Å². The topological polar surface area (TPSA) is 267 Å². The van der Waals surface area contributed by atoms with E-state index < -0.39 is 54.8 Å². The smallest absolute Gasteiger partial charge is 0.326 e. The van der Waals surface area contributed by atoms with Gasteiger partial charge in [-0.1, -0.05) is 77.0 Å². The van der Waals surface area contributed by atoms with Crippen molar-refractivity contribution in [2.45, 2.75) is 134 Å². The van der Waals surface area contributed by atoms with Gasteiger partial charge in [0.1, 0.15) is 12.1 Å². The fourth-order valence-corrected chi connectivity index (χ4v) is 5.02. The first-order chi connectivity index (χ1) is 24.5. The van der Waals surface area contributed by atoms with Crippen molar-refractivity contribution >= 4 is 47.9 Å². The third kappa shape index (κ3) is 30.3. The Hall–Kier alpha value is -4.28. The summed E-state index contributed by atoms with van der Waals surface area (Å²) in [5.74, 6) is -5.49. The maximum absolute atomic E-state index is 12.3. The summed E-state index contributed by atoms with van der Waals surface area (Å²) in [6.45, 7) is -0.331. The average molecular weight is 730 g/mol. The molecule has 8 N–H and O–H groups in total. The van der Waals surface area contributed by atoms with Gasteiger partial charge in [0.15, 0.2) is 0 Å². The largest absolute Gasteiger partial charge is 0.481 e. The van der Waals surface area contributed by atoms with Gasteiger partial charge in [0.25, 0.3) is 0 Å². The van der Waals surface area contributed by atoms with Gasteiger partial charge >= 0.3 is 17.9 Å². The Labute approximate surface area is 299 Å². The highest BCUT2D eigenvalue weighted by atomic mass is 16.5. The van der Waals surface area contributed by atoms with Crippen molar-refractivity contribution in [1.29, 1.82) is 0 Å². The molecule has 0 aliphatic heterocycles. The molecule has 0 aromatic carbocycles. The first kappa shape index (κ1) is 46.7. The molecular formula is C34H59N5O12. The molecule has 0 fully saturated rings. The van der Waals surface area contributed by atoms with E-state index in [9.17, 15) is 43.5 Å². The lowest BCUT2D eigenvalue weighted by Gasteiger charge is -2.15. The highest BCUT2D eigenvalue weighted by Crippen LogP contribution is 2.14. The number of aliphatic carboxylic acids is 3. The number of rotatable bonds is 35. The molecule has 0 radical (unpaired) electrons. The summed E-state index contributed by atoms with van der Waals surface area (Å²) < 4.78 is 5.28. The van der Waals surface area contributed by atoms with Crippen LogP contribution in [0.5, 0.6) is 0 Å². The van der Waals surface area contributed by atoms with Gasteiger partial charge in [-0.3, -0.25) is 28.8 Å². The minimum Gasteiger partial charge on any atom is -0.481 e. The Balaban J connectivity index is 3.87. The second-order valence-corrected chi connectivity index (χ2v) is 12.3. The van der Waals surface area contributed by atoms with E-state index in [1.807, 2.05) is 0 Å². The molecule has 0 rings (SSSR count). The highest BCUT2D eigenvalue weighted by molar-refractivity contribution is 5.89. The van der Waals surface area contributed by atoms with Crippen LogP contribution in [-0.2, 0) is 43.1 Å². The van der Waals surface area contributed by atoms with Crippen LogP contribution in [0.1, 0.15) is 122 Å². The Morgan fingerprint density at radius 3 is 1.53 bits per heavy atom. The molecule has 0 saturated carbocycles. The summed E-state index contributed by atoms with van der Waals surface area (Å²) in [5.41, 5.74) is 0. The molecule has 2 atom stereocenters. The minimum atomic E-state index is -1.48. The molecule has 0 aromatic rings. The number of unbranched alkanes of at least 4 members (excludes halogenated alkanes) is 13. The lowest BCUT2D eigenvalue weighted by Crippen LogP contribution is -2.47. The second kappa shape index (κ2) is 31.7. The van der Waals surface area contributed by atoms with E-state index in [1.54, 1.807) is 0 Å². The zero-order valence-corrected chi connectivity index (χ0v) is 29.7. The van der Waals surface area contributed by atoms with Gasteiger partial charge in [-0.25, -0.2) is 9.59 Å². The van der Waals surface area contributed by atoms with Crippen LogP contribution in [0.25, 0.3) is 0 Å². The summed E-state index contributed by atoms with van der Waals surface area (Å²) in [5, 5.41) is 39.0. The van der Waals surface area contributed by atoms with E-state index in [0.717, 1.165) is 44.9 Å². The molecule has 0 aliphatic rings. The minimum absolute atomic E-state index is 0.0118. The molecule has 5 amide bonds. The molecule has 0 bridgehead atoms. The van der Waals surface area contributed by atoms with E-state index in [0.29, 0.717) is 6.42 Å². The van der Waals surface area contributed by atoms with E-state index in [-0.39, 0.29) is 70.2 Å². The molecule has 0 aliphatic carbocycles. The predicted molar refractivity (Wildman–Crippen MR) is 185 cm³/mol. The molecule has 0 saturated heterocycles. The molecule has 0 heterocycles. The zero-order valence-electron chi connectivity index (χ0n) is 29.7. The van der Waals surface area contributed by atoms with Gasteiger partial charge in [0.2, 0.25) is 30.0 Å². The second-order valence-electron chi connectivity index (χ2n) is 12.3. The van der Waals surface area contributed by atoms with Crippen LogP contribution in [0.15, 0.2) is 0 Å². The van der Waals surface area contributed by atoms with Crippen LogP contribution in [0, 0.1) is 0 Å². The van der Waals surface area contributed by atoms with E-state index in [1.165, 1.54) is 38.5 Å². The lowest BCUT2D eigenvalue weighted by molar-refractivity contribution is -0.143. The first-order valence-electron chi connectivity index (χ1n) is 18.0. The predicted octanol–water partition coefficient (Wildman–Crippen LogP) is 1.62. The number of carboxylic acid groups (broad SMARTS) is 3. The molecule has 2 unspecified atom stereocenters. The van der Waals surface area contributed by atoms with Gasteiger partial charge in [0.05, 0.1) is 26.2 Å². The van der Waals surface area contributed by atoms with Crippen LogP contribution < -0.4 is 26.6 Å². The monoisotopic (exact) mass is 729 g/mol. The summed E-state index contributed by atoms with van der Waals surface area (Å²) in [4.78, 5) is 91.4. The van der Waals surface area contributed by atoms with Crippen molar-refractivity contribution in [2.75, 3.05) is 32.8 Å². The van der Waals surface area contributed by atoms with E-state index >= 15 is 0 Å². The first-order valence-corrected chi connectivity index (χ1v) is 18.0. The van der Waals surface area contributed by atoms with Crippen molar-refractivity contribution in [2.24, 2.45) is 0 Å². The molecule has 51 heavy (non-hydrogen) atoms. The summed E-state index contributed by atoms with van der Waals surface area (Å²) in [6.07, 6.45) is 15.1. The van der Waals surface area contributed by atoms with Crippen LogP contribution in [0.4, 0.5) is 0 Å². The molecule has 17 heteroatoms. The fraction of sp³-hybridized carbons (Fsp3) is 0.765. The van der Waals surface area contributed by atoms with Crippen molar-refractivity contribution in [3.8, 4) is 0 Å². The highest BCUT2D eigenvalue weighted by Gasteiger charge is 2.23. The Bertz CT molecular complexity index is 1060. The number of hydrogen-bond acceptors (Lipinski definition) is 9. The number of amides is 5. The summed E-state index contributed by atoms with van der Waals surface area (Å²) in [7, 11) is 0. The number of ether oxygens (including phenoxy) is 1. The molecular weight excluding hydrogens is 670 g/mol.